The van der Waals surface area contributed by atoms with Crippen molar-refractivity contribution in [1.29, 1.82) is 0 Å². The van der Waals surface area contributed by atoms with Crippen molar-refractivity contribution >= 4 is 11.0 Å². The Morgan fingerprint density at radius 1 is 0.515 bits per heavy atom. The summed E-state index contributed by atoms with van der Waals surface area (Å²) < 4.78 is 225. The average molecular weight is 897 g/mol. The molecule has 0 aliphatic carbocycles. The van der Waals surface area contributed by atoms with Gasteiger partial charge in [-0.2, -0.15) is 0 Å². The summed E-state index contributed by atoms with van der Waals surface area (Å²) in [5, 5.41) is 13.3. The van der Waals surface area contributed by atoms with E-state index in [0.717, 1.165) is 26.8 Å². The molecule has 0 unspecified atom stereocenters. The van der Waals surface area contributed by atoms with Crippen LogP contribution in [-0.2, 0) is 27.1 Å². The normalized spacial score (nSPS) is 19.5. The Balaban J connectivity index is 1.70. The van der Waals surface area contributed by atoms with Crippen molar-refractivity contribution in [2.24, 2.45) is 0 Å². The lowest BCUT2D eigenvalue weighted by atomic mass is 9.79. The van der Waals surface area contributed by atoms with Crippen LogP contribution in [0, 0.1) is 0 Å². The number of pyridine rings is 1. The number of fused-ring (bicyclic) bond motifs is 1. The lowest BCUT2D eigenvalue weighted by Crippen LogP contribution is -2.17. The second-order valence-corrected chi connectivity index (χ2v) is 19.9. The van der Waals surface area contributed by atoms with E-state index in [1.54, 1.807) is 30.5 Å². The van der Waals surface area contributed by atoms with Crippen LogP contribution in [0.5, 0.6) is 5.75 Å². The van der Waals surface area contributed by atoms with Crippen LogP contribution in [0.2, 0.25) is 0 Å². The molecule has 0 aliphatic heterocycles. The van der Waals surface area contributed by atoms with Crippen molar-refractivity contribution in [3.63, 3.8) is 0 Å². The molecule has 4 nitrogen and oxygen atoms in total. The molecule has 2 heterocycles. The Morgan fingerprint density at radius 2 is 1.20 bits per heavy atom. The molecule has 0 fully saturated rings. The predicted octanol–water partition coefficient (Wildman–Crippen LogP) is 16.9. The molecule has 0 aliphatic rings. The predicted molar refractivity (Wildman–Crippen MR) is 281 cm³/mol. The van der Waals surface area contributed by atoms with E-state index in [0.29, 0.717) is 22.4 Å². The SMILES string of the molecule is [2H]c1c([2H])c([2H])c(-c2cc(C(C)(C)C)ccc2-n2c(-c3c([2H])c(C(C([2H])([2H])[2H])(C([2H])([2H])[2H])C([2H])([2H])[2H])c([2H])c(C(C([2H])([2H])[2H])(C([2H])([2H])[2H])C([2H])([2H])[2H])c3O)nc3c(-c4cc(-c5cc(-c6ccccc6C(C)(C)C)ccn5)cc(C(C)(C)C)c4)cccc32)c([2H])c1[2H]. The van der Waals surface area contributed by atoms with Gasteiger partial charge in [0.2, 0.25) is 0 Å². The molecule has 8 aromatic rings. The van der Waals surface area contributed by atoms with E-state index in [1.165, 1.54) is 18.2 Å². The van der Waals surface area contributed by atoms with E-state index in [1.807, 2.05) is 84.0 Å². The van der Waals surface area contributed by atoms with Gasteiger partial charge in [-0.1, -0.05) is 188 Å². The quantitative estimate of drug-likeness (QED) is 0.181. The zero-order valence-corrected chi connectivity index (χ0v) is 38.5. The van der Waals surface area contributed by atoms with E-state index in [2.05, 4.69) is 26.8 Å². The van der Waals surface area contributed by atoms with Gasteiger partial charge in [0.25, 0.3) is 0 Å². The summed E-state index contributed by atoms with van der Waals surface area (Å²) >= 11 is 0. The molecule has 0 radical (unpaired) electrons. The van der Waals surface area contributed by atoms with Gasteiger partial charge in [-0.05, 0) is 120 Å². The van der Waals surface area contributed by atoms with Crippen LogP contribution < -0.4 is 0 Å². The molecule has 1 N–H and O–H groups in total. The minimum atomic E-state index is -4.55. The van der Waals surface area contributed by atoms with E-state index in [-0.39, 0.29) is 33.3 Å². The maximum absolute atomic E-state index is 13.3. The van der Waals surface area contributed by atoms with Crippen LogP contribution >= 0.6 is 0 Å². The number of hydrogen-bond acceptors (Lipinski definition) is 3. The topological polar surface area (TPSA) is 50.9 Å². The third kappa shape index (κ3) is 9.00. The fourth-order valence-electron chi connectivity index (χ4n) is 8.18. The molecule has 0 saturated carbocycles. The van der Waals surface area contributed by atoms with Crippen molar-refractivity contribution < 1.29 is 39.4 Å². The number of phenolic OH excluding ortho intramolecular Hbond substituents is 1. The van der Waals surface area contributed by atoms with Gasteiger partial charge in [0.15, 0.2) is 0 Å². The lowest BCUT2D eigenvalue weighted by Gasteiger charge is -2.28. The van der Waals surface area contributed by atoms with E-state index in [9.17, 15) is 10.6 Å². The van der Waals surface area contributed by atoms with Crippen molar-refractivity contribution in [3.05, 3.63) is 167 Å². The van der Waals surface area contributed by atoms with Crippen LogP contribution in [0.1, 0.15) is 166 Å². The number of aromatic hydroxyl groups is 1. The van der Waals surface area contributed by atoms with E-state index in [4.69, 9.17) is 38.8 Å². The minimum Gasteiger partial charge on any atom is -0.507 e. The van der Waals surface area contributed by atoms with Crippen LogP contribution in [-0.4, -0.2) is 19.6 Å². The first-order valence-electron chi connectivity index (χ1n) is 34.1. The number of rotatable bonds is 6. The number of aromatic nitrogens is 3. The maximum atomic E-state index is 13.3. The molecule has 0 spiro atoms. The highest BCUT2D eigenvalue weighted by Crippen LogP contribution is 2.46. The van der Waals surface area contributed by atoms with Gasteiger partial charge < -0.3 is 5.11 Å². The number of nitrogens with zero attached hydrogens (tertiary/aromatic N) is 3. The largest absolute Gasteiger partial charge is 0.507 e. The first-order chi connectivity index (χ1) is 41.2. The standard InChI is InChI=1S/C62H69N3O/c1-58(2,3)43-28-29-53(48(36-43)39-22-17-16-18-23-39)65-54-27-21-25-47(55(54)64-57(65)49-37-45(60(7,8)9)38-51(56(49)66)62(13,14)15)41-32-42(34-44(33-41)59(4,5)6)52-35-40(30-31-63-52)46-24-19-20-26-50(46)61(10,11)12/h16-38,66H,1-15H3/i7D3,8D3,9D3,13D3,14D3,15D3,16D,17D,18D,22D,23D,37D,38D. The summed E-state index contributed by atoms with van der Waals surface area (Å²) in [5.41, 5.74) is -11.2. The zero-order valence-electron chi connectivity index (χ0n) is 63.5. The molecule has 2 aromatic heterocycles. The van der Waals surface area contributed by atoms with Crippen molar-refractivity contribution in [2.45, 2.75) is 130 Å². The molecule has 0 atom stereocenters. The van der Waals surface area contributed by atoms with E-state index >= 15 is 0 Å². The Hall–Kier alpha value is -6.26. The third-order valence-electron chi connectivity index (χ3n) is 11.7. The highest BCUT2D eigenvalue weighted by molar-refractivity contribution is 5.98. The van der Waals surface area contributed by atoms with Crippen molar-refractivity contribution in [2.75, 3.05) is 0 Å². The minimum absolute atomic E-state index is 0.0782. The van der Waals surface area contributed by atoms with Crippen LogP contribution in [0.15, 0.2) is 139 Å². The van der Waals surface area contributed by atoms with E-state index < -0.39 is 139 Å². The summed E-state index contributed by atoms with van der Waals surface area (Å²) in [6.45, 7) is -8.88. The molecule has 0 saturated heterocycles. The Bertz CT molecular complexity index is 4020. The Morgan fingerprint density at radius 3 is 1.88 bits per heavy atom. The maximum Gasteiger partial charge on any atom is 0.149 e. The molecule has 338 valence electrons. The van der Waals surface area contributed by atoms with Gasteiger partial charge in [0.1, 0.15) is 11.6 Å². The number of para-hydroxylation sites is 1. The summed E-state index contributed by atoms with van der Waals surface area (Å²) in [4.78, 5) is 9.88. The lowest BCUT2D eigenvalue weighted by molar-refractivity contribution is 0.446. The first-order valence-corrected chi connectivity index (χ1v) is 21.6. The molecule has 0 bridgehead atoms. The Kier molecular flexibility index (Phi) is 6.15. The summed E-state index contributed by atoms with van der Waals surface area (Å²) in [7, 11) is 0. The third-order valence-corrected chi connectivity index (χ3v) is 11.7. The van der Waals surface area contributed by atoms with Gasteiger partial charge in [-0.25, -0.2) is 4.98 Å². The van der Waals surface area contributed by atoms with Crippen LogP contribution in [0.4, 0.5) is 0 Å². The monoisotopic (exact) mass is 897 g/mol. The van der Waals surface area contributed by atoms with Gasteiger partial charge in [-0.3, -0.25) is 9.55 Å². The number of phenols is 1. The van der Waals surface area contributed by atoms with Gasteiger partial charge in [0, 0.05) is 53.1 Å². The van der Waals surface area contributed by atoms with Gasteiger partial charge in [0.05, 0.1) is 37.6 Å². The fraction of sp³-hybridized carbons (Fsp3) is 0.323. The Labute approximate surface area is 430 Å². The van der Waals surface area contributed by atoms with Crippen molar-refractivity contribution in [3.8, 4) is 67.5 Å². The van der Waals surface area contributed by atoms with Crippen LogP contribution in [0.3, 0.4) is 0 Å². The number of hydrogen-bond donors (Lipinski definition) is 1. The second-order valence-electron chi connectivity index (χ2n) is 19.9. The number of benzene rings is 6. The summed E-state index contributed by atoms with van der Waals surface area (Å²) in [6.07, 6.45) is 1.68. The second kappa shape index (κ2) is 16.6. The fourth-order valence-corrected chi connectivity index (χ4v) is 8.18. The van der Waals surface area contributed by atoms with Gasteiger partial charge >= 0.3 is 0 Å². The summed E-state index contributed by atoms with van der Waals surface area (Å²) in [5.74, 6) is -2.74. The molecule has 8 rings (SSSR count). The smallest absolute Gasteiger partial charge is 0.149 e. The molecule has 4 heteroatoms. The van der Waals surface area contributed by atoms with Crippen LogP contribution in [0.25, 0.3) is 72.7 Å². The zero-order chi connectivity index (χ0) is 68.8. The average Bonchev–Trinajstić information content (AvgIpc) is 1.20. The first kappa shape index (κ1) is 24.5. The highest BCUT2D eigenvalue weighted by Gasteiger charge is 2.30. The van der Waals surface area contributed by atoms with Gasteiger partial charge in [-0.15, -0.1) is 0 Å². The molecule has 66 heavy (non-hydrogen) atoms. The molecule has 0 amide bonds. The highest BCUT2D eigenvalue weighted by atomic mass is 16.3. The molecular weight excluding hydrogens is 803 g/mol. The molecule has 6 aromatic carbocycles. The van der Waals surface area contributed by atoms with Crippen molar-refractivity contribution in [1.82, 2.24) is 14.5 Å². The summed E-state index contributed by atoms with van der Waals surface area (Å²) in [6, 6.07) is 19.0. The molecular formula is C62H69N3O. The number of imidazole rings is 1.